The van der Waals surface area contributed by atoms with Crippen molar-refractivity contribution in [1.82, 2.24) is 15.1 Å². The van der Waals surface area contributed by atoms with E-state index in [1.54, 1.807) is 11.1 Å². The summed E-state index contributed by atoms with van der Waals surface area (Å²) in [6.07, 6.45) is 18.6. The molecule has 0 bridgehead atoms. The summed E-state index contributed by atoms with van der Waals surface area (Å²) in [5.74, 6) is 1.02. The molecule has 114 valence electrons. The molecule has 22 heavy (non-hydrogen) atoms. The number of amides is 2. The van der Waals surface area contributed by atoms with Gasteiger partial charge in [-0.25, -0.2) is 9.79 Å². The van der Waals surface area contributed by atoms with Gasteiger partial charge in [0.2, 0.25) is 0 Å². The Hall–Kier alpha value is -2.56. The van der Waals surface area contributed by atoms with Gasteiger partial charge in [0.25, 0.3) is 0 Å². The van der Waals surface area contributed by atoms with Crippen molar-refractivity contribution >= 4 is 12.2 Å². The van der Waals surface area contributed by atoms with Crippen LogP contribution < -0.4 is 5.32 Å². The third kappa shape index (κ3) is 2.88. The number of rotatable bonds is 2. The molecule has 2 aliphatic heterocycles. The number of fused-ring (bicyclic) bond motifs is 1. The van der Waals surface area contributed by atoms with E-state index in [1.165, 1.54) is 0 Å². The second-order valence-electron chi connectivity index (χ2n) is 5.61. The molecule has 5 heteroatoms. The summed E-state index contributed by atoms with van der Waals surface area (Å²) >= 11 is 0. The van der Waals surface area contributed by atoms with Crippen LogP contribution in [0.1, 0.15) is 6.42 Å². The molecule has 0 aromatic rings. The number of aliphatic imine (C=N–C) groups is 1. The quantitative estimate of drug-likeness (QED) is 0.795. The minimum atomic E-state index is -0.243. The summed E-state index contributed by atoms with van der Waals surface area (Å²) in [4.78, 5) is 20.1. The molecule has 3 rings (SSSR count). The van der Waals surface area contributed by atoms with Crippen molar-refractivity contribution in [3.63, 3.8) is 0 Å². The first-order valence-electron chi connectivity index (χ1n) is 7.39. The number of urea groups is 1. The lowest BCUT2D eigenvalue weighted by atomic mass is 10.1. The van der Waals surface area contributed by atoms with Crippen LogP contribution in [0.25, 0.3) is 0 Å². The molecular formula is C17H20N4O. The molecule has 0 radical (unpaired) electrons. The minimum Gasteiger partial charge on any atom is -0.365 e. The SMILES string of the molecule is CN(C)C1=CC2=CN(C3C=CC/C=C\C=C/3)C(=O)N=CC2N1. The van der Waals surface area contributed by atoms with Crippen LogP contribution >= 0.6 is 0 Å². The number of nitrogens with zero attached hydrogens (tertiary/aromatic N) is 3. The second kappa shape index (κ2) is 6.05. The van der Waals surface area contributed by atoms with E-state index in [1.807, 2.05) is 49.5 Å². The summed E-state index contributed by atoms with van der Waals surface area (Å²) in [6.45, 7) is 0. The van der Waals surface area contributed by atoms with Gasteiger partial charge in [-0.3, -0.25) is 4.90 Å². The Balaban J connectivity index is 1.93. The van der Waals surface area contributed by atoms with Gasteiger partial charge in [0.1, 0.15) is 5.82 Å². The van der Waals surface area contributed by atoms with E-state index in [-0.39, 0.29) is 18.1 Å². The molecule has 1 N–H and O–H groups in total. The highest BCUT2D eigenvalue weighted by molar-refractivity contribution is 5.90. The molecule has 3 aliphatic rings. The lowest BCUT2D eigenvalue weighted by Crippen LogP contribution is -2.31. The van der Waals surface area contributed by atoms with Crippen LogP contribution in [0.3, 0.4) is 0 Å². The van der Waals surface area contributed by atoms with Gasteiger partial charge in [-0.15, -0.1) is 0 Å². The maximum Gasteiger partial charge on any atom is 0.348 e. The van der Waals surface area contributed by atoms with E-state index < -0.39 is 0 Å². The largest absolute Gasteiger partial charge is 0.365 e. The van der Waals surface area contributed by atoms with Crippen LogP contribution in [-0.4, -0.2) is 48.2 Å². The molecule has 5 nitrogen and oxygen atoms in total. The average molecular weight is 296 g/mol. The highest BCUT2D eigenvalue weighted by atomic mass is 16.2. The fraction of sp³-hybridized carbons (Fsp3) is 0.294. The fourth-order valence-corrected chi connectivity index (χ4v) is 2.55. The van der Waals surface area contributed by atoms with Crippen molar-refractivity contribution in [3.8, 4) is 0 Å². The number of nitrogens with one attached hydrogen (secondary N) is 1. The van der Waals surface area contributed by atoms with E-state index >= 15 is 0 Å². The first-order valence-corrected chi connectivity index (χ1v) is 7.39. The van der Waals surface area contributed by atoms with E-state index in [2.05, 4.69) is 28.5 Å². The minimum absolute atomic E-state index is 0.0484. The molecule has 0 aromatic heterocycles. The lowest BCUT2D eigenvalue weighted by molar-refractivity contribution is 0.223. The summed E-state index contributed by atoms with van der Waals surface area (Å²) in [5.41, 5.74) is 1.04. The molecule has 0 fully saturated rings. The lowest BCUT2D eigenvalue weighted by Gasteiger charge is -2.22. The van der Waals surface area contributed by atoms with Gasteiger partial charge in [-0.2, -0.15) is 0 Å². The normalized spacial score (nSPS) is 29.5. The Bertz CT molecular complexity index is 637. The van der Waals surface area contributed by atoms with Gasteiger partial charge in [0, 0.05) is 26.5 Å². The number of hydrogen-bond donors (Lipinski definition) is 1. The maximum atomic E-state index is 12.3. The monoisotopic (exact) mass is 296 g/mol. The number of hydrogen-bond acceptors (Lipinski definition) is 3. The zero-order valence-electron chi connectivity index (χ0n) is 12.8. The molecule has 2 heterocycles. The Kier molecular flexibility index (Phi) is 3.96. The van der Waals surface area contributed by atoms with Gasteiger partial charge >= 0.3 is 6.03 Å². The number of allylic oxidation sites excluding steroid dienone is 4. The predicted octanol–water partition coefficient (Wildman–Crippen LogP) is 2.19. The molecule has 1 aliphatic carbocycles. The van der Waals surface area contributed by atoms with Crippen molar-refractivity contribution in [2.75, 3.05) is 14.1 Å². The average Bonchev–Trinajstić information content (AvgIpc) is 2.79. The Morgan fingerprint density at radius 1 is 1.27 bits per heavy atom. The van der Waals surface area contributed by atoms with Crippen LogP contribution in [0.2, 0.25) is 0 Å². The highest BCUT2D eigenvalue weighted by Crippen LogP contribution is 2.22. The second-order valence-corrected chi connectivity index (χ2v) is 5.61. The van der Waals surface area contributed by atoms with Crippen LogP contribution in [-0.2, 0) is 0 Å². The Morgan fingerprint density at radius 3 is 2.95 bits per heavy atom. The van der Waals surface area contributed by atoms with Gasteiger partial charge in [0.15, 0.2) is 0 Å². The standard InChI is InChI=1S/C17H20N4O/c1-20(2)16-10-13-12-21(17(22)18-11-15(13)19-16)14-8-6-4-3-5-7-9-14/h3-4,6-12,14-15,19H,5H2,1-2H3/b4-3-,8-6-,9-7?. The van der Waals surface area contributed by atoms with E-state index in [4.69, 9.17) is 0 Å². The molecule has 0 aromatic carbocycles. The van der Waals surface area contributed by atoms with Crippen LogP contribution in [0.4, 0.5) is 4.79 Å². The number of carbonyl (C=O) groups excluding carboxylic acids is 1. The molecule has 2 unspecified atom stereocenters. The van der Waals surface area contributed by atoms with Crippen molar-refractivity contribution < 1.29 is 4.79 Å². The fourth-order valence-electron chi connectivity index (χ4n) is 2.55. The first kappa shape index (κ1) is 14.4. The van der Waals surface area contributed by atoms with Crippen molar-refractivity contribution in [2.45, 2.75) is 18.5 Å². The van der Waals surface area contributed by atoms with E-state index in [9.17, 15) is 4.79 Å². The van der Waals surface area contributed by atoms with Crippen LogP contribution in [0.15, 0.2) is 65.1 Å². The summed E-state index contributed by atoms with van der Waals surface area (Å²) < 4.78 is 0. The van der Waals surface area contributed by atoms with Crippen molar-refractivity contribution in [2.24, 2.45) is 4.99 Å². The van der Waals surface area contributed by atoms with Crippen molar-refractivity contribution in [1.29, 1.82) is 0 Å². The zero-order valence-corrected chi connectivity index (χ0v) is 12.8. The smallest absolute Gasteiger partial charge is 0.348 e. The van der Waals surface area contributed by atoms with Gasteiger partial charge in [-0.05, 0) is 18.1 Å². The van der Waals surface area contributed by atoms with Crippen LogP contribution in [0, 0.1) is 0 Å². The predicted molar refractivity (Wildman–Crippen MR) is 88.3 cm³/mol. The van der Waals surface area contributed by atoms with Crippen molar-refractivity contribution in [3.05, 3.63) is 60.1 Å². The molecule has 2 atom stereocenters. The van der Waals surface area contributed by atoms with Gasteiger partial charge in [-0.1, -0.05) is 36.5 Å². The third-order valence-electron chi connectivity index (χ3n) is 3.77. The molecule has 2 amide bonds. The summed E-state index contributed by atoms with van der Waals surface area (Å²) in [7, 11) is 3.97. The molecular weight excluding hydrogens is 276 g/mol. The zero-order chi connectivity index (χ0) is 15.5. The van der Waals surface area contributed by atoms with E-state index in [0.29, 0.717) is 0 Å². The van der Waals surface area contributed by atoms with Crippen LogP contribution in [0.5, 0.6) is 0 Å². The molecule has 0 saturated carbocycles. The molecule has 0 saturated heterocycles. The number of carbonyl (C=O) groups is 1. The first-order chi connectivity index (χ1) is 10.6. The third-order valence-corrected chi connectivity index (χ3v) is 3.77. The summed E-state index contributed by atoms with van der Waals surface area (Å²) in [6, 6.07) is -0.405. The summed E-state index contributed by atoms with van der Waals surface area (Å²) in [5, 5.41) is 3.34. The maximum absolute atomic E-state index is 12.3. The highest BCUT2D eigenvalue weighted by Gasteiger charge is 2.27. The topological polar surface area (TPSA) is 47.9 Å². The van der Waals surface area contributed by atoms with Gasteiger partial charge in [0.05, 0.1) is 12.1 Å². The molecule has 0 spiro atoms. The van der Waals surface area contributed by atoms with E-state index in [0.717, 1.165) is 17.8 Å². The Labute approximate surface area is 130 Å². The van der Waals surface area contributed by atoms with Gasteiger partial charge < -0.3 is 10.2 Å². The Morgan fingerprint density at radius 2 is 2.14 bits per heavy atom.